The quantitative estimate of drug-likeness (QED) is 0.466. The number of benzene rings is 3. The number of carbonyl (C=O) groups is 1. The van der Waals surface area contributed by atoms with Crippen molar-refractivity contribution in [3.05, 3.63) is 77.6 Å². The van der Waals surface area contributed by atoms with Crippen LogP contribution in [0, 0.1) is 5.82 Å². The number of anilines is 3. The van der Waals surface area contributed by atoms with Crippen LogP contribution >= 0.6 is 11.8 Å². The Balaban J connectivity index is 1.48. The van der Waals surface area contributed by atoms with Crippen LogP contribution < -0.4 is 10.6 Å². The summed E-state index contributed by atoms with van der Waals surface area (Å²) in [6.07, 6.45) is 0. The molecule has 5 nitrogen and oxygen atoms in total. The average Bonchev–Trinajstić information content (AvgIpc) is 2.82. The Morgan fingerprint density at radius 2 is 1.84 bits per heavy atom. The largest absolute Gasteiger partial charge is 0.379 e. The molecule has 0 spiro atoms. The van der Waals surface area contributed by atoms with Crippen LogP contribution in [0.3, 0.4) is 0 Å². The molecule has 0 aromatic heterocycles. The van der Waals surface area contributed by atoms with Crippen LogP contribution in [-0.4, -0.2) is 37.1 Å². The number of amides is 1. The second-order valence-electron chi connectivity index (χ2n) is 7.50. The summed E-state index contributed by atoms with van der Waals surface area (Å²) in [5.74, 6) is -0.246. The fraction of sp³-hybridized carbons (Fsp3) is 0.208. The summed E-state index contributed by atoms with van der Waals surface area (Å²) >= 11 is 1.65. The van der Waals surface area contributed by atoms with Gasteiger partial charge < -0.3 is 20.3 Å². The number of para-hydroxylation sites is 1. The number of carbonyl (C=O) groups excluding carboxylic acids is 1. The van der Waals surface area contributed by atoms with Gasteiger partial charge in [0.2, 0.25) is 0 Å². The summed E-state index contributed by atoms with van der Waals surface area (Å²) in [6.45, 7) is 2.85. The van der Waals surface area contributed by atoms with Gasteiger partial charge in [-0.15, -0.1) is 0 Å². The third-order valence-electron chi connectivity index (χ3n) is 5.41. The molecule has 158 valence electrons. The molecular formula is C24H22FN3O2S. The van der Waals surface area contributed by atoms with Gasteiger partial charge in [-0.3, -0.25) is 4.79 Å². The van der Waals surface area contributed by atoms with Crippen molar-refractivity contribution in [1.29, 1.82) is 0 Å². The first kappa shape index (κ1) is 19.9. The molecule has 1 amide bonds. The van der Waals surface area contributed by atoms with Crippen molar-refractivity contribution >= 4 is 34.7 Å². The molecule has 3 aromatic carbocycles. The van der Waals surface area contributed by atoms with Crippen LogP contribution in [0.15, 0.2) is 70.5 Å². The van der Waals surface area contributed by atoms with E-state index in [0.29, 0.717) is 38.4 Å². The van der Waals surface area contributed by atoms with Crippen molar-refractivity contribution in [2.24, 2.45) is 0 Å². The highest BCUT2D eigenvalue weighted by atomic mass is 32.2. The molecule has 0 radical (unpaired) electrons. The van der Waals surface area contributed by atoms with Crippen molar-refractivity contribution in [1.82, 2.24) is 4.90 Å². The summed E-state index contributed by atoms with van der Waals surface area (Å²) in [5, 5.41) is 6.96. The van der Waals surface area contributed by atoms with Gasteiger partial charge in [0.25, 0.3) is 5.91 Å². The summed E-state index contributed by atoms with van der Waals surface area (Å²) in [6, 6.07) is 18.4. The lowest BCUT2D eigenvalue weighted by Crippen LogP contribution is -2.40. The lowest BCUT2D eigenvalue weighted by Gasteiger charge is -2.29. The Kier molecular flexibility index (Phi) is 5.53. The highest BCUT2D eigenvalue weighted by Gasteiger charge is 2.24. The van der Waals surface area contributed by atoms with E-state index in [1.54, 1.807) is 23.9 Å². The third-order valence-corrected chi connectivity index (χ3v) is 6.53. The monoisotopic (exact) mass is 435 g/mol. The minimum absolute atomic E-state index is 0.00962. The van der Waals surface area contributed by atoms with E-state index in [0.717, 1.165) is 32.4 Å². The van der Waals surface area contributed by atoms with Crippen LogP contribution in [0.2, 0.25) is 0 Å². The molecule has 1 fully saturated rings. The van der Waals surface area contributed by atoms with E-state index in [9.17, 15) is 9.18 Å². The zero-order valence-electron chi connectivity index (χ0n) is 16.9. The number of fused-ring (bicyclic) bond motifs is 2. The number of halogens is 1. The molecule has 0 saturated carbocycles. The SMILES string of the molecule is O=C(c1cc(NCc2ccc(F)cc2)c2c(c1)Sc1ccccc1N2)N1CCOCC1. The van der Waals surface area contributed by atoms with E-state index in [1.165, 1.54) is 12.1 Å². The Morgan fingerprint density at radius 3 is 2.65 bits per heavy atom. The Labute approximate surface area is 184 Å². The molecule has 5 rings (SSSR count). The van der Waals surface area contributed by atoms with Crippen LogP contribution in [0.5, 0.6) is 0 Å². The molecular weight excluding hydrogens is 413 g/mol. The second-order valence-corrected chi connectivity index (χ2v) is 8.59. The van der Waals surface area contributed by atoms with Crippen LogP contribution in [0.4, 0.5) is 21.5 Å². The van der Waals surface area contributed by atoms with E-state index < -0.39 is 0 Å². The van der Waals surface area contributed by atoms with Gasteiger partial charge in [-0.25, -0.2) is 4.39 Å². The Morgan fingerprint density at radius 1 is 1.06 bits per heavy atom. The molecule has 1 saturated heterocycles. The molecule has 0 aliphatic carbocycles. The molecule has 0 atom stereocenters. The molecule has 2 heterocycles. The predicted octanol–water partition coefficient (Wildman–Crippen LogP) is 5.12. The molecule has 0 bridgehead atoms. The zero-order valence-corrected chi connectivity index (χ0v) is 17.7. The van der Waals surface area contributed by atoms with Gasteiger partial charge >= 0.3 is 0 Å². The molecule has 2 aliphatic heterocycles. The minimum Gasteiger partial charge on any atom is -0.379 e. The van der Waals surface area contributed by atoms with Crippen molar-refractivity contribution < 1.29 is 13.9 Å². The number of morpholine rings is 1. The van der Waals surface area contributed by atoms with Gasteiger partial charge in [0.1, 0.15) is 5.82 Å². The highest BCUT2D eigenvalue weighted by Crippen LogP contribution is 2.47. The first-order valence-electron chi connectivity index (χ1n) is 10.2. The lowest BCUT2D eigenvalue weighted by molar-refractivity contribution is 0.0303. The van der Waals surface area contributed by atoms with Crippen LogP contribution in [-0.2, 0) is 11.3 Å². The summed E-state index contributed by atoms with van der Waals surface area (Å²) < 4.78 is 18.6. The van der Waals surface area contributed by atoms with E-state index in [-0.39, 0.29) is 11.7 Å². The minimum atomic E-state index is -0.256. The summed E-state index contributed by atoms with van der Waals surface area (Å²) in [7, 11) is 0. The normalized spacial score (nSPS) is 14.9. The molecule has 3 aromatic rings. The number of hydrogen-bond donors (Lipinski definition) is 2. The molecule has 31 heavy (non-hydrogen) atoms. The van der Waals surface area contributed by atoms with Gasteiger partial charge in [-0.1, -0.05) is 36.0 Å². The smallest absolute Gasteiger partial charge is 0.254 e. The van der Waals surface area contributed by atoms with Gasteiger partial charge in [-0.2, -0.15) is 0 Å². The number of nitrogens with one attached hydrogen (secondary N) is 2. The maximum Gasteiger partial charge on any atom is 0.254 e. The third kappa shape index (κ3) is 4.24. The topological polar surface area (TPSA) is 53.6 Å². The van der Waals surface area contributed by atoms with Crippen molar-refractivity contribution in [3.8, 4) is 0 Å². The van der Waals surface area contributed by atoms with Gasteiger partial charge in [0.15, 0.2) is 0 Å². The standard InChI is InChI=1S/C24H22FN3O2S/c25-18-7-5-16(6-8-18)15-26-20-13-17(24(29)28-9-11-30-12-10-28)14-22-23(20)27-19-3-1-2-4-21(19)31-22/h1-8,13-14,26-27H,9-12,15H2. The van der Waals surface area contributed by atoms with Gasteiger partial charge in [-0.05, 0) is 42.0 Å². The van der Waals surface area contributed by atoms with Crippen molar-refractivity contribution in [3.63, 3.8) is 0 Å². The molecule has 2 N–H and O–H groups in total. The van der Waals surface area contributed by atoms with E-state index in [1.807, 2.05) is 35.2 Å². The fourth-order valence-electron chi connectivity index (χ4n) is 3.75. The Hall–Kier alpha value is -3.03. The predicted molar refractivity (Wildman–Crippen MR) is 121 cm³/mol. The maximum atomic E-state index is 13.3. The first-order valence-corrected chi connectivity index (χ1v) is 11.1. The van der Waals surface area contributed by atoms with Gasteiger partial charge in [0.05, 0.1) is 30.3 Å². The number of hydrogen-bond acceptors (Lipinski definition) is 5. The molecule has 7 heteroatoms. The second kappa shape index (κ2) is 8.61. The summed E-state index contributed by atoms with van der Waals surface area (Å²) in [5.41, 5.74) is 4.45. The number of nitrogens with zero attached hydrogens (tertiary/aromatic N) is 1. The van der Waals surface area contributed by atoms with Gasteiger partial charge in [0, 0.05) is 35.0 Å². The number of rotatable bonds is 4. The van der Waals surface area contributed by atoms with Crippen LogP contribution in [0.1, 0.15) is 15.9 Å². The first-order chi connectivity index (χ1) is 15.2. The lowest BCUT2D eigenvalue weighted by atomic mass is 10.1. The average molecular weight is 436 g/mol. The van der Waals surface area contributed by atoms with Crippen molar-refractivity contribution in [2.45, 2.75) is 16.3 Å². The molecule has 0 unspecified atom stereocenters. The maximum absolute atomic E-state index is 13.3. The van der Waals surface area contributed by atoms with Crippen LogP contribution in [0.25, 0.3) is 0 Å². The summed E-state index contributed by atoms with van der Waals surface area (Å²) in [4.78, 5) is 17.1. The fourth-order valence-corrected chi connectivity index (χ4v) is 4.81. The van der Waals surface area contributed by atoms with E-state index in [2.05, 4.69) is 16.7 Å². The number of ether oxygens (including phenoxy) is 1. The van der Waals surface area contributed by atoms with E-state index in [4.69, 9.17) is 4.74 Å². The molecule has 2 aliphatic rings. The van der Waals surface area contributed by atoms with Crippen molar-refractivity contribution in [2.75, 3.05) is 36.9 Å². The highest BCUT2D eigenvalue weighted by molar-refractivity contribution is 7.99. The Bertz CT molecular complexity index is 1110. The zero-order chi connectivity index (χ0) is 21.2. The van der Waals surface area contributed by atoms with E-state index >= 15 is 0 Å².